The molecule has 13 aromatic rings. The molecule has 0 radical (unpaired) electrons. The third kappa shape index (κ3) is 7.00. The molecule has 9 aromatic carbocycles. The lowest BCUT2D eigenvalue weighted by molar-refractivity contribution is 0.653. The summed E-state index contributed by atoms with van der Waals surface area (Å²) in [6.45, 7) is 0. The minimum absolute atomic E-state index is 0.568. The second kappa shape index (κ2) is 16.3. The SMILES string of the molecule is c1ccc(-c2cccc(-c3nc(-c4ccc(-c5ccc(-c6ccc(-c7nc(-c8cccc(-c9ccccc9)c8)c8c(n7)oc7ccccc78)cc6)cc5)cc4)c4c(n3)oc3ccccc34)c2)cc1. The summed E-state index contributed by atoms with van der Waals surface area (Å²) in [5, 5.41) is 3.80. The average Bonchev–Trinajstić information content (AvgIpc) is 4.00. The monoisotopic (exact) mass is 870 g/mol. The normalized spacial score (nSPS) is 11.5. The first-order chi connectivity index (χ1) is 33.7. The molecule has 0 unspecified atom stereocenters. The molecule has 0 aliphatic carbocycles. The van der Waals surface area contributed by atoms with Crippen molar-refractivity contribution in [2.24, 2.45) is 0 Å². The molecule has 318 valence electrons. The van der Waals surface area contributed by atoms with Crippen LogP contribution >= 0.6 is 0 Å². The van der Waals surface area contributed by atoms with Crippen LogP contribution in [-0.4, -0.2) is 19.9 Å². The zero-order valence-electron chi connectivity index (χ0n) is 36.5. The summed E-state index contributed by atoms with van der Waals surface area (Å²) in [5.74, 6) is 1.23. The summed E-state index contributed by atoms with van der Waals surface area (Å²) in [4.78, 5) is 20.5. The van der Waals surface area contributed by atoms with Gasteiger partial charge in [-0.05, 0) is 68.8 Å². The van der Waals surface area contributed by atoms with Crippen LogP contribution in [-0.2, 0) is 0 Å². The Labute approximate surface area is 391 Å². The molecule has 0 saturated heterocycles. The number of aromatic nitrogens is 4. The van der Waals surface area contributed by atoms with Crippen molar-refractivity contribution in [3.63, 3.8) is 0 Å². The van der Waals surface area contributed by atoms with Gasteiger partial charge in [0.25, 0.3) is 0 Å². The van der Waals surface area contributed by atoms with Gasteiger partial charge < -0.3 is 8.83 Å². The van der Waals surface area contributed by atoms with Crippen LogP contribution in [0.5, 0.6) is 0 Å². The fourth-order valence-corrected chi connectivity index (χ4v) is 9.35. The molecular weight excluding hydrogens is 833 g/mol. The molecule has 6 nitrogen and oxygen atoms in total. The molecular formula is C62H38N4O2. The molecule has 0 aliphatic rings. The van der Waals surface area contributed by atoms with Gasteiger partial charge in [0.1, 0.15) is 11.2 Å². The van der Waals surface area contributed by atoms with Crippen LogP contribution in [0.1, 0.15) is 0 Å². The summed E-state index contributed by atoms with van der Waals surface area (Å²) in [7, 11) is 0. The minimum atomic E-state index is 0.568. The van der Waals surface area contributed by atoms with Gasteiger partial charge in [-0.25, -0.2) is 9.97 Å². The second-order valence-electron chi connectivity index (χ2n) is 17.0. The van der Waals surface area contributed by atoms with E-state index in [2.05, 4.69) is 182 Å². The molecule has 0 aliphatic heterocycles. The number of furan rings is 2. The van der Waals surface area contributed by atoms with E-state index in [-0.39, 0.29) is 0 Å². The molecule has 0 saturated carbocycles. The standard InChI is InChI=1S/C62H38N4O2/c1-3-13-39(14-4-1)47-17-11-19-49(37-47)58-56-52-22-8-10-24-54(52)68-62(56)65-59(64-58)46-35-31-44(32-36-46)42-27-25-41(26-28-42)43-29-33-45(34-30-43)57-55-51-21-7-9-23-53(51)67-61(55)66-60(63-57)50-20-12-18-48(38-50)40-15-5-2-6-16-40/h1-38H. The van der Waals surface area contributed by atoms with Crippen molar-refractivity contribution >= 4 is 44.1 Å². The van der Waals surface area contributed by atoms with Gasteiger partial charge in [0, 0.05) is 33.0 Å². The van der Waals surface area contributed by atoms with E-state index in [4.69, 9.17) is 28.8 Å². The van der Waals surface area contributed by atoms with E-state index in [1.807, 2.05) is 48.5 Å². The van der Waals surface area contributed by atoms with Gasteiger partial charge in [-0.2, -0.15) is 9.97 Å². The molecule has 4 aromatic heterocycles. The van der Waals surface area contributed by atoms with Gasteiger partial charge in [-0.3, -0.25) is 0 Å². The van der Waals surface area contributed by atoms with Gasteiger partial charge in [0.15, 0.2) is 11.6 Å². The molecule has 13 rings (SSSR count). The lowest BCUT2D eigenvalue weighted by Gasteiger charge is -2.10. The van der Waals surface area contributed by atoms with Crippen LogP contribution in [0.4, 0.5) is 0 Å². The van der Waals surface area contributed by atoms with Crippen molar-refractivity contribution in [1.82, 2.24) is 19.9 Å². The molecule has 0 bridgehead atoms. The second-order valence-corrected chi connectivity index (χ2v) is 17.0. The predicted molar refractivity (Wildman–Crippen MR) is 276 cm³/mol. The maximum Gasteiger partial charge on any atom is 0.231 e. The van der Waals surface area contributed by atoms with Crippen molar-refractivity contribution < 1.29 is 8.83 Å². The fourth-order valence-electron chi connectivity index (χ4n) is 9.35. The van der Waals surface area contributed by atoms with E-state index in [1.165, 1.54) is 0 Å². The largest absolute Gasteiger partial charge is 0.438 e. The Kier molecular flexibility index (Phi) is 9.39. The maximum absolute atomic E-state index is 6.37. The minimum Gasteiger partial charge on any atom is -0.438 e. The van der Waals surface area contributed by atoms with Crippen LogP contribution in [0.3, 0.4) is 0 Å². The van der Waals surface area contributed by atoms with Crippen molar-refractivity contribution in [3.05, 3.63) is 231 Å². The Balaban J connectivity index is 0.802. The highest BCUT2D eigenvalue weighted by Crippen LogP contribution is 2.40. The smallest absolute Gasteiger partial charge is 0.231 e. The highest BCUT2D eigenvalue weighted by molar-refractivity contribution is 6.12. The van der Waals surface area contributed by atoms with Crippen LogP contribution in [0.2, 0.25) is 0 Å². The topological polar surface area (TPSA) is 77.8 Å². The number of hydrogen-bond donors (Lipinski definition) is 0. The summed E-state index contributed by atoms with van der Waals surface area (Å²) >= 11 is 0. The number of benzene rings is 9. The summed E-state index contributed by atoms with van der Waals surface area (Å²) < 4.78 is 12.7. The van der Waals surface area contributed by atoms with Gasteiger partial charge in [-0.15, -0.1) is 0 Å². The zero-order chi connectivity index (χ0) is 45.0. The van der Waals surface area contributed by atoms with Crippen molar-refractivity contribution in [2.45, 2.75) is 0 Å². The Morgan fingerprint density at radius 2 is 0.574 bits per heavy atom. The summed E-state index contributed by atoms with van der Waals surface area (Å²) in [6.07, 6.45) is 0. The average molecular weight is 871 g/mol. The van der Waals surface area contributed by atoms with E-state index in [0.29, 0.717) is 23.1 Å². The third-order valence-electron chi connectivity index (χ3n) is 12.8. The highest BCUT2D eigenvalue weighted by Gasteiger charge is 2.21. The Hall–Kier alpha value is -9.26. The first kappa shape index (κ1) is 39.1. The number of fused-ring (bicyclic) bond motifs is 6. The molecule has 0 N–H and O–H groups in total. The number of hydrogen-bond acceptors (Lipinski definition) is 6. The molecule has 4 heterocycles. The lowest BCUT2D eigenvalue weighted by Crippen LogP contribution is -1.94. The van der Waals surface area contributed by atoms with E-state index in [1.54, 1.807) is 0 Å². The number of rotatable bonds is 8. The van der Waals surface area contributed by atoms with Crippen molar-refractivity contribution in [2.75, 3.05) is 0 Å². The van der Waals surface area contributed by atoms with Crippen LogP contribution in [0.15, 0.2) is 239 Å². The van der Waals surface area contributed by atoms with Crippen LogP contribution in [0.25, 0.3) is 134 Å². The Morgan fingerprint density at radius 1 is 0.235 bits per heavy atom. The van der Waals surface area contributed by atoms with E-state index < -0.39 is 0 Å². The van der Waals surface area contributed by atoms with E-state index in [9.17, 15) is 0 Å². The quantitative estimate of drug-likeness (QED) is 0.151. The fraction of sp³-hybridized carbons (Fsp3) is 0. The third-order valence-corrected chi connectivity index (χ3v) is 12.8. The lowest BCUT2D eigenvalue weighted by atomic mass is 9.97. The van der Waals surface area contributed by atoms with Crippen molar-refractivity contribution in [1.29, 1.82) is 0 Å². The molecule has 6 heteroatoms. The Morgan fingerprint density at radius 3 is 1.07 bits per heavy atom. The van der Waals surface area contributed by atoms with Gasteiger partial charge in [0.05, 0.1) is 22.2 Å². The molecule has 0 spiro atoms. The van der Waals surface area contributed by atoms with Gasteiger partial charge in [0.2, 0.25) is 11.4 Å². The highest BCUT2D eigenvalue weighted by atomic mass is 16.3. The Bertz CT molecular complexity index is 3990. The first-order valence-electron chi connectivity index (χ1n) is 22.7. The maximum atomic E-state index is 6.37. The molecule has 0 atom stereocenters. The summed E-state index contributed by atoms with van der Waals surface area (Å²) in [5.41, 5.74) is 17.2. The van der Waals surface area contributed by atoms with E-state index in [0.717, 1.165) is 111 Å². The number of nitrogens with zero attached hydrogens (tertiary/aromatic N) is 4. The van der Waals surface area contributed by atoms with Crippen molar-refractivity contribution in [3.8, 4) is 89.8 Å². The molecule has 68 heavy (non-hydrogen) atoms. The zero-order valence-corrected chi connectivity index (χ0v) is 36.5. The number of para-hydroxylation sites is 2. The van der Waals surface area contributed by atoms with E-state index >= 15 is 0 Å². The molecule has 0 amide bonds. The predicted octanol–water partition coefficient (Wildman–Crippen LogP) is 16.4. The van der Waals surface area contributed by atoms with Gasteiger partial charge >= 0.3 is 0 Å². The van der Waals surface area contributed by atoms with Crippen LogP contribution < -0.4 is 0 Å². The first-order valence-corrected chi connectivity index (χ1v) is 22.7. The van der Waals surface area contributed by atoms with Gasteiger partial charge in [-0.1, -0.05) is 206 Å². The summed E-state index contributed by atoms with van der Waals surface area (Å²) in [6, 6.07) is 79.6. The molecule has 0 fully saturated rings. The van der Waals surface area contributed by atoms with Crippen LogP contribution in [0, 0.1) is 0 Å².